The Bertz CT molecular complexity index is 715. The molecular formula is C20H22. The van der Waals surface area contributed by atoms with E-state index in [0.29, 0.717) is 0 Å². The molecule has 3 rings (SSSR count). The summed E-state index contributed by atoms with van der Waals surface area (Å²) in [6.07, 6.45) is 0. The van der Waals surface area contributed by atoms with Gasteiger partial charge in [-0.3, -0.25) is 0 Å². The van der Waals surface area contributed by atoms with Crippen molar-refractivity contribution in [2.75, 3.05) is 0 Å². The van der Waals surface area contributed by atoms with Gasteiger partial charge in [0.2, 0.25) is 0 Å². The first-order valence-corrected chi connectivity index (χ1v) is 7.32. The first-order chi connectivity index (χ1) is 9.43. The van der Waals surface area contributed by atoms with E-state index < -0.39 is 0 Å². The molecule has 0 aromatic heterocycles. The van der Waals surface area contributed by atoms with Gasteiger partial charge in [-0.15, -0.1) is 0 Å². The second kappa shape index (κ2) is 4.34. The fraction of sp³-hybridized carbons (Fsp3) is 0.300. The van der Waals surface area contributed by atoms with Crippen LogP contribution in [0.5, 0.6) is 0 Å². The van der Waals surface area contributed by atoms with Gasteiger partial charge in [-0.25, -0.2) is 0 Å². The van der Waals surface area contributed by atoms with E-state index in [9.17, 15) is 0 Å². The molecule has 0 spiro atoms. The van der Waals surface area contributed by atoms with Crippen molar-refractivity contribution in [1.82, 2.24) is 0 Å². The van der Waals surface area contributed by atoms with Gasteiger partial charge in [-0.2, -0.15) is 0 Å². The van der Waals surface area contributed by atoms with Crippen LogP contribution in [-0.4, -0.2) is 0 Å². The molecule has 20 heavy (non-hydrogen) atoms. The van der Waals surface area contributed by atoms with Crippen LogP contribution in [-0.2, 0) is 5.41 Å². The van der Waals surface area contributed by atoms with Crippen molar-refractivity contribution in [3.63, 3.8) is 0 Å². The van der Waals surface area contributed by atoms with Crippen molar-refractivity contribution in [2.24, 2.45) is 0 Å². The van der Waals surface area contributed by atoms with Gasteiger partial charge in [-0.1, -0.05) is 67.4 Å². The van der Waals surface area contributed by atoms with Crippen LogP contribution < -0.4 is 0 Å². The van der Waals surface area contributed by atoms with E-state index in [1.807, 2.05) is 0 Å². The average molecular weight is 262 g/mol. The maximum absolute atomic E-state index is 2.33. The summed E-state index contributed by atoms with van der Waals surface area (Å²) in [6.45, 7) is 11.3. The number of allylic oxidation sites excluding steroid dienone is 1. The SMILES string of the molecule is CC1=C(c2cc(C)ccc2C)c2ccccc2C1(C)C. The number of rotatable bonds is 1. The highest BCUT2D eigenvalue weighted by Gasteiger charge is 2.35. The van der Waals surface area contributed by atoms with Crippen molar-refractivity contribution in [2.45, 2.75) is 40.0 Å². The monoisotopic (exact) mass is 262 g/mol. The molecular weight excluding hydrogens is 240 g/mol. The van der Waals surface area contributed by atoms with E-state index in [-0.39, 0.29) is 5.41 Å². The highest BCUT2D eigenvalue weighted by Crippen LogP contribution is 2.48. The number of fused-ring (bicyclic) bond motifs is 1. The predicted octanol–water partition coefficient (Wildman–Crippen LogP) is 5.42. The first-order valence-electron chi connectivity index (χ1n) is 7.32. The molecule has 0 unspecified atom stereocenters. The van der Waals surface area contributed by atoms with Gasteiger partial charge in [0, 0.05) is 5.41 Å². The molecule has 102 valence electrons. The van der Waals surface area contributed by atoms with Crippen molar-refractivity contribution in [3.8, 4) is 0 Å². The minimum atomic E-state index is 0.127. The van der Waals surface area contributed by atoms with Crippen molar-refractivity contribution < 1.29 is 0 Å². The zero-order chi connectivity index (χ0) is 14.5. The average Bonchev–Trinajstić information content (AvgIpc) is 2.62. The van der Waals surface area contributed by atoms with Crippen LogP contribution in [0.2, 0.25) is 0 Å². The van der Waals surface area contributed by atoms with E-state index in [1.165, 1.54) is 39.0 Å². The molecule has 0 nitrogen and oxygen atoms in total. The number of aryl methyl sites for hydroxylation is 2. The highest BCUT2D eigenvalue weighted by molar-refractivity contribution is 5.90. The maximum atomic E-state index is 2.33. The molecule has 0 saturated heterocycles. The fourth-order valence-electron chi connectivity index (χ4n) is 3.31. The summed E-state index contributed by atoms with van der Waals surface area (Å²) < 4.78 is 0. The predicted molar refractivity (Wildman–Crippen MR) is 87.1 cm³/mol. The Morgan fingerprint density at radius 3 is 2.25 bits per heavy atom. The zero-order valence-electron chi connectivity index (χ0n) is 13.0. The van der Waals surface area contributed by atoms with Crippen LogP contribution in [0, 0.1) is 13.8 Å². The highest BCUT2D eigenvalue weighted by atomic mass is 14.4. The lowest BCUT2D eigenvalue weighted by molar-refractivity contribution is 0.639. The number of hydrogen-bond acceptors (Lipinski definition) is 0. The third-order valence-corrected chi connectivity index (χ3v) is 4.84. The maximum Gasteiger partial charge on any atom is 0.0118 e. The van der Waals surface area contributed by atoms with Gasteiger partial charge >= 0.3 is 0 Å². The molecule has 0 N–H and O–H groups in total. The molecule has 0 heterocycles. The normalized spacial score (nSPS) is 16.4. The third kappa shape index (κ3) is 1.75. The van der Waals surface area contributed by atoms with E-state index in [2.05, 4.69) is 77.1 Å². The lowest BCUT2D eigenvalue weighted by Gasteiger charge is -2.22. The molecule has 0 fully saturated rings. The second-order valence-corrected chi connectivity index (χ2v) is 6.49. The first kappa shape index (κ1) is 13.2. The number of benzene rings is 2. The van der Waals surface area contributed by atoms with Gasteiger partial charge in [0.05, 0.1) is 0 Å². The Morgan fingerprint density at radius 1 is 0.800 bits per heavy atom. The summed E-state index contributed by atoms with van der Waals surface area (Å²) in [5.41, 5.74) is 9.98. The molecule has 0 amide bonds. The van der Waals surface area contributed by atoms with Gasteiger partial charge < -0.3 is 0 Å². The second-order valence-electron chi connectivity index (χ2n) is 6.49. The van der Waals surface area contributed by atoms with Gasteiger partial charge in [0.25, 0.3) is 0 Å². The minimum absolute atomic E-state index is 0.127. The van der Waals surface area contributed by atoms with E-state index in [4.69, 9.17) is 0 Å². The van der Waals surface area contributed by atoms with Crippen molar-refractivity contribution in [3.05, 3.63) is 75.9 Å². The minimum Gasteiger partial charge on any atom is -0.0619 e. The molecule has 0 saturated carbocycles. The summed E-state index contributed by atoms with van der Waals surface area (Å²) >= 11 is 0. The molecule has 2 aromatic rings. The van der Waals surface area contributed by atoms with Gasteiger partial charge in [-0.05, 0) is 48.6 Å². The summed E-state index contributed by atoms with van der Waals surface area (Å²) in [5, 5.41) is 0. The van der Waals surface area contributed by atoms with Crippen LogP contribution in [0.15, 0.2) is 48.0 Å². The van der Waals surface area contributed by atoms with Crippen LogP contribution in [0.3, 0.4) is 0 Å². The standard InChI is InChI=1S/C20H22/c1-13-10-11-14(2)17(12-13)19-15(3)20(4,5)18-9-7-6-8-16(18)19/h6-12H,1-5H3. The van der Waals surface area contributed by atoms with E-state index in [0.717, 1.165) is 0 Å². The largest absolute Gasteiger partial charge is 0.0619 e. The zero-order valence-corrected chi connectivity index (χ0v) is 13.0. The van der Waals surface area contributed by atoms with Crippen LogP contribution in [0.25, 0.3) is 5.57 Å². The third-order valence-electron chi connectivity index (χ3n) is 4.84. The van der Waals surface area contributed by atoms with E-state index >= 15 is 0 Å². The van der Waals surface area contributed by atoms with Crippen molar-refractivity contribution >= 4 is 5.57 Å². The fourth-order valence-corrected chi connectivity index (χ4v) is 3.31. The van der Waals surface area contributed by atoms with Crippen LogP contribution >= 0.6 is 0 Å². The molecule has 0 radical (unpaired) electrons. The Balaban J connectivity index is 2.33. The summed E-state index contributed by atoms with van der Waals surface area (Å²) in [7, 11) is 0. The molecule has 1 aliphatic rings. The molecule has 0 bridgehead atoms. The molecule has 0 heteroatoms. The summed E-state index contributed by atoms with van der Waals surface area (Å²) in [5.74, 6) is 0. The lowest BCUT2D eigenvalue weighted by atomic mass is 9.82. The van der Waals surface area contributed by atoms with Crippen LogP contribution in [0.4, 0.5) is 0 Å². The number of hydrogen-bond donors (Lipinski definition) is 0. The Labute approximate surface area is 122 Å². The van der Waals surface area contributed by atoms with Crippen molar-refractivity contribution in [1.29, 1.82) is 0 Å². The Hall–Kier alpha value is -1.82. The van der Waals surface area contributed by atoms with E-state index in [1.54, 1.807) is 0 Å². The van der Waals surface area contributed by atoms with Gasteiger partial charge in [0.15, 0.2) is 0 Å². The molecule has 1 aliphatic carbocycles. The lowest BCUT2D eigenvalue weighted by Crippen LogP contribution is -2.15. The topological polar surface area (TPSA) is 0 Å². The smallest absolute Gasteiger partial charge is 0.0118 e. The van der Waals surface area contributed by atoms with Crippen LogP contribution in [0.1, 0.15) is 48.6 Å². The summed E-state index contributed by atoms with van der Waals surface area (Å²) in [4.78, 5) is 0. The molecule has 0 atom stereocenters. The Morgan fingerprint density at radius 2 is 1.50 bits per heavy atom. The quantitative estimate of drug-likeness (QED) is 0.644. The summed E-state index contributed by atoms with van der Waals surface area (Å²) in [6, 6.07) is 15.6. The molecule has 2 aromatic carbocycles. The Kier molecular flexibility index (Phi) is 2.86. The van der Waals surface area contributed by atoms with Gasteiger partial charge in [0.1, 0.15) is 0 Å². The molecule has 0 aliphatic heterocycles.